The van der Waals surface area contributed by atoms with Gasteiger partial charge in [0.15, 0.2) is 0 Å². The van der Waals surface area contributed by atoms with Crippen molar-refractivity contribution < 1.29 is 45.4 Å². The van der Waals surface area contributed by atoms with Gasteiger partial charge in [-0.1, -0.05) is 30.0 Å². The van der Waals surface area contributed by atoms with E-state index in [1.807, 2.05) is 0 Å². The van der Waals surface area contributed by atoms with E-state index in [9.17, 15) is 35.9 Å². The topological polar surface area (TPSA) is 85.1 Å². The van der Waals surface area contributed by atoms with Crippen molar-refractivity contribution in [3.8, 4) is 16.9 Å². The maximum atomic E-state index is 13.6. The van der Waals surface area contributed by atoms with Crippen LogP contribution in [0.1, 0.15) is 23.1 Å². The van der Waals surface area contributed by atoms with E-state index in [-0.39, 0.29) is 51.7 Å². The van der Waals surface area contributed by atoms with Crippen LogP contribution in [0.4, 0.5) is 26.3 Å². The summed E-state index contributed by atoms with van der Waals surface area (Å²) in [5, 5.41) is 0. The number of nitrogens with zero attached hydrogens (tertiary/aromatic N) is 2. The van der Waals surface area contributed by atoms with E-state index < -0.39 is 35.3 Å². The zero-order valence-electron chi connectivity index (χ0n) is 21.9. The first kappa shape index (κ1) is 31.8. The molecule has 2 heterocycles. The first-order chi connectivity index (χ1) is 19.7. The molecule has 15 heteroatoms. The Hall–Kier alpha value is -3.14. The van der Waals surface area contributed by atoms with Crippen LogP contribution < -0.4 is 10.5 Å². The Morgan fingerprint density at radius 2 is 1.67 bits per heavy atom. The second-order valence-electron chi connectivity index (χ2n) is 9.40. The summed E-state index contributed by atoms with van der Waals surface area (Å²) in [6.45, 7) is 2.97. The van der Waals surface area contributed by atoms with Crippen LogP contribution >= 0.6 is 24.0 Å². The number of amides is 2. The van der Waals surface area contributed by atoms with Gasteiger partial charge in [0.25, 0.3) is 5.91 Å². The van der Waals surface area contributed by atoms with Gasteiger partial charge in [0.1, 0.15) is 16.7 Å². The number of ether oxygens (including phenoxy) is 2. The van der Waals surface area contributed by atoms with Crippen LogP contribution in [0.5, 0.6) is 5.75 Å². The van der Waals surface area contributed by atoms with E-state index in [0.29, 0.717) is 50.5 Å². The van der Waals surface area contributed by atoms with Crippen LogP contribution in [0.3, 0.4) is 0 Å². The molecular weight excluding hydrogens is 608 g/mol. The lowest BCUT2D eigenvalue weighted by molar-refractivity contribution is -0.143. The minimum atomic E-state index is -5.04. The molecule has 0 aliphatic carbocycles. The molecule has 2 aromatic carbocycles. The van der Waals surface area contributed by atoms with Gasteiger partial charge in [-0.05, 0) is 47.5 Å². The number of thiocarbonyl (C=S) groups is 1. The summed E-state index contributed by atoms with van der Waals surface area (Å²) in [5.74, 6) is -1.06. The van der Waals surface area contributed by atoms with Crippen molar-refractivity contribution in [3.63, 3.8) is 0 Å². The van der Waals surface area contributed by atoms with Gasteiger partial charge in [-0.25, -0.2) is 0 Å². The second-order valence-corrected chi connectivity index (χ2v) is 11.1. The van der Waals surface area contributed by atoms with Crippen molar-refractivity contribution in [2.24, 2.45) is 5.73 Å². The molecule has 2 aromatic rings. The standard InChI is InChI=1S/C27H25F6N3O4S2/c28-26(29,30)18-13-17(14-19(15-18)27(31,32)33)20-11-16(1-2-21(20)40-10-7-35-5-8-39-9-6-35)12-22-24(38)36(25(41)42-22)4-3-23(34)37/h1-2,11-15H,3-10H2,(H2,34,37). The Morgan fingerprint density at radius 1 is 1.02 bits per heavy atom. The fourth-order valence-electron chi connectivity index (χ4n) is 4.27. The highest BCUT2D eigenvalue weighted by molar-refractivity contribution is 8.26. The summed E-state index contributed by atoms with van der Waals surface area (Å²) in [7, 11) is 0. The number of primary amides is 1. The summed E-state index contributed by atoms with van der Waals surface area (Å²) >= 11 is 6.16. The number of rotatable bonds is 9. The van der Waals surface area contributed by atoms with Gasteiger partial charge in [-0.2, -0.15) is 26.3 Å². The quantitative estimate of drug-likeness (QED) is 0.232. The first-order valence-electron chi connectivity index (χ1n) is 12.6. The van der Waals surface area contributed by atoms with E-state index in [0.717, 1.165) is 11.8 Å². The molecule has 2 aliphatic rings. The van der Waals surface area contributed by atoms with Crippen LogP contribution in [0, 0.1) is 0 Å². The predicted molar refractivity (Wildman–Crippen MR) is 148 cm³/mol. The van der Waals surface area contributed by atoms with Crippen molar-refractivity contribution in [2.45, 2.75) is 18.8 Å². The Labute approximate surface area is 246 Å². The third kappa shape index (κ3) is 8.02. The third-order valence-electron chi connectivity index (χ3n) is 6.42. The van der Waals surface area contributed by atoms with Gasteiger partial charge >= 0.3 is 12.4 Å². The molecule has 42 heavy (non-hydrogen) atoms. The number of carbonyl (C=O) groups excluding carboxylic acids is 2. The number of hydrogen-bond acceptors (Lipinski definition) is 7. The highest BCUT2D eigenvalue weighted by atomic mass is 32.2. The average Bonchev–Trinajstić information content (AvgIpc) is 3.18. The summed E-state index contributed by atoms with van der Waals surface area (Å²) in [6.07, 6.45) is -8.77. The number of alkyl halides is 6. The summed E-state index contributed by atoms with van der Waals surface area (Å²) < 4.78 is 93.1. The lowest BCUT2D eigenvalue weighted by atomic mass is 9.96. The van der Waals surface area contributed by atoms with Crippen LogP contribution in [0.2, 0.25) is 0 Å². The van der Waals surface area contributed by atoms with Crippen molar-refractivity contribution in [1.82, 2.24) is 9.80 Å². The molecule has 7 nitrogen and oxygen atoms in total. The zero-order valence-corrected chi connectivity index (χ0v) is 23.5. The monoisotopic (exact) mass is 633 g/mol. The van der Waals surface area contributed by atoms with Crippen LogP contribution in [0.25, 0.3) is 17.2 Å². The molecule has 0 saturated carbocycles. The van der Waals surface area contributed by atoms with Crippen molar-refractivity contribution in [3.05, 3.63) is 58.0 Å². The van der Waals surface area contributed by atoms with Crippen molar-refractivity contribution >= 4 is 46.2 Å². The minimum Gasteiger partial charge on any atom is -0.492 e. The lowest BCUT2D eigenvalue weighted by Gasteiger charge is -2.26. The normalized spacial score (nSPS) is 17.8. The molecule has 0 radical (unpaired) electrons. The first-order valence-corrected chi connectivity index (χ1v) is 13.9. The number of thioether (sulfide) groups is 1. The Balaban J connectivity index is 1.72. The molecule has 0 unspecified atom stereocenters. The number of morpholine rings is 1. The molecule has 0 bridgehead atoms. The number of hydrogen-bond donors (Lipinski definition) is 1. The largest absolute Gasteiger partial charge is 0.492 e. The summed E-state index contributed by atoms with van der Waals surface area (Å²) in [6, 6.07) is 5.64. The number of nitrogens with two attached hydrogens (primary N) is 1. The highest BCUT2D eigenvalue weighted by Crippen LogP contribution is 2.41. The molecule has 0 atom stereocenters. The van der Waals surface area contributed by atoms with E-state index in [2.05, 4.69) is 4.90 Å². The molecule has 226 valence electrons. The molecular formula is C27H25F6N3O4S2. The maximum absolute atomic E-state index is 13.6. The van der Waals surface area contributed by atoms with Gasteiger partial charge in [0.2, 0.25) is 5.91 Å². The number of benzene rings is 2. The van der Waals surface area contributed by atoms with Crippen LogP contribution in [0.15, 0.2) is 41.3 Å². The highest BCUT2D eigenvalue weighted by Gasteiger charge is 2.37. The molecule has 2 N–H and O–H groups in total. The summed E-state index contributed by atoms with van der Waals surface area (Å²) in [5.41, 5.74) is 2.16. The van der Waals surface area contributed by atoms with Crippen LogP contribution in [-0.2, 0) is 26.7 Å². The fraction of sp³-hybridized carbons (Fsp3) is 0.370. The minimum absolute atomic E-state index is 0.0217. The smallest absolute Gasteiger partial charge is 0.416 e. The molecule has 2 fully saturated rings. The SMILES string of the molecule is NC(=O)CCN1C(=O)C(=Cc2ccc(OCCN3CCOCC3)c(-c3cc(C(F)(F)F)cc(C(F)(F)F)c3)c2)SC1=S. The molecule has 2 amide bonds. The summed E-state index contributed by atoms with van der Waals surface area (Å²) in [4.78, 5) is 27.4. The average molecular weight is 634 g/mol. The van der Waals surface area contributed by atoms with Crippen molar-refractivity contribution in [2.75, 3.05) is 46.0 Å². The van der Waals surface area contributed by atoms with E-state index >= 15 is 0 Å². The van der Waals surface area contributed by atoms with Gasteiger partial charge in [0, 0.05) is 38.2 Å². The van der Waals surface area contributed by atoms with Gasteiger partial charge in [0.05, 0.1) is 29.2 Å². The number of halogens is 6. The van der Waals surface area contributed by atoms with E-state index in [1.165, 1.54) is 29.2 Å². The number of carbonyl (C=O) groups is 2. The van der Waals surface area contributed by atoms with E-state index in [1.54, 1.807) is 0 Å². The van der Waals surface area contributed by atoms with Gasteiger partial charge < -0.3 is 15.2 Å². The zero-order chi connectivity index (χ0) is 30.7. The molecule has 0 aromatic heterocycles. The second kappa shape index (κ2) is 13.0. The van der Waals surface area contributed by atoms with Crippen LogP contribution in [-0.4, -0.2) is 71.9 Å². The van der Waals surface area contributed by atoms with E-state index in [4.69, 9.17) is 27.4 Å². The Kier molecular flexibility index (Phi) is 9.85. The molecule has 2 saturated heterocycles. The van der Waals surface area contributed by atoms with Gasteiger partial charge in [-0.3, -0.25) is 19.4 Å². The van der Waals surface area contributed by atoms with Crippen molar-refractivity contribution in [1.29, 1.82) is 0 Å². The maximum Gasteiger partial charge on any atom is 0.416 e. The third-order valence-corrected chi connectivity index (χ3v) is 7.80. The Morgan fingerprint density at radius 3 is 2.26 bits per heavy atom. The molecule has 0 spiro atoms. The Bertz CT molecular complexity index is 1360. The predicted octanol–water partition coefficient (Wildman–Crippen LogP) is 5.18. The fourth-order valence-corrected chi connectivity index (χ4v) is 5.58. The molecule has 2 aliphatic heterocycles. The lowest BCUT2D eigenvalue weighted by Crippen LogP contribution is -2.38. The van der Waals surface area contributed by atoms with Gasteiger partial charge in [-0.15, -0.1) is 0 Å². The molecule has 4 rings (SSSR count).